The van der Waals surface area contributed by atoms with Crippen molar-refractivity contribution in [2.75, 3.05) is 6.61 Å². The number of aryl methyl sites for hydroxylation is 3. The third-order valence-corrected chi connectivity index (χ3v) is 2.52. The van der Waals surface area contributed by atoms with Gasteiger partial charge in [0.1, 0.15) is 5.75 Å². The predicted octanol–water partition coefficient (Wildman–Crippen LogP) is 4.70. The third-order valence-electron chi connectivity index (χ3n) is 2.52. The summed E-state index contributed by atoms with van der Waals surface area (Å²) in [7, 11) is 0. The fraction of sp³-hybridized carbons (Fsp3) is 0.294. The Morgan fingerprint density at radius 3 is 1.78 bits per heavy atom. The van der Waals surface area contributed by atoms with E-state index in [1.165, 1.54) is 16.7 Å². The largest absolute Gasteiger partial charge is 0.494 e. The Hall–Kier alpha value is -1.76. The quantitative estimate of drug-likeness (QED) is 0.742. The number of hydrogen-bond acceptors (Lipinski definition) is 1. The molecule has 18 heavy (non-hydrogen) atoms. The molecule has 0 heterocycles. The Morgan fingerprint density at radius 1 is 0.778 bits per heavy atom. The Kier molecular flexibility index (Phi) is 5.99. The van der Waals surface area contributed by atoms with Crippen molar-refractivity contribution in [1.82, 2.24) is 0 Å². The summed E-state index contributed by atoms with van der Waals surface area (Å²) >= 11 is 0. The van der Waals surface area contributed by atoms with Gasteiger partial charge in [-0.3, -0.25) is 0 Å². The van der Waals surface area contributed by atoms with Crippen LogP contribution in [0, 0.1) is 20.8 Å². The van der Waals surface area contributed by atoms with Crippen molar-refractivity contribution in [2.24, 2.45) is 0 Å². The van der Waals surface area contributed by atoms with Crippen molar-refractivity contribution in [3.63, 3.8) is 0 Å². The van der Waals surface area contributed by atoms with Gasteiger partial charge in [0.15, 0.2) is 0 Å². The van der Waals surface area contributed by atoms with Crippen molar-refractivity contribution in [2.45, 2.75) is 27.7 Å². The van der Waals surface area contributed by atoms with Crippen LogP contribution in [0.3, 0.4) is 0 Å². The van der Waals surface area contributed by atoms with E-state index >= 15 is 0 Å². The molecule has 0 atom stereocenters. The normalized spacial score (nSPS) is 9.33. The SMILES string of the molecule is CCOc1cccc(C)c1.Cc1ccc(C)cc1. The Bertz CT molecular complexity index is 436. The monoisotopic (exact) mass is 242 g/mol. The summed E-state index contributed by atoms with van der Waals surface area (Å²) in [6, 6.07) is 16.5. The van der Waals surface area contributed by atoms with Gasteiger partial charge in [0, 0.05) is 0 Å². The highest BCUT2D eigenvalue weighted by molar-refractivity contribution is 5.27. The van der Waals surface area contributed by atoms with Crippen LogP contribution in [0.4, 0.5) is 0 Å². The minimum atomic E-state index is 0.740. The van der Waals surface area contributed by atoms with Crippen LogP contribution >= 0.6 is 0 Å². The van der Waals surface area contributed by atoms with E-state index < -0.39 is 0 Å². The number of rotatable bonds is 2. The zero-order valence-electron chi connectivity index (χ0n) is 11.7. The highest BCUT2D eigenvalue weighted by Crippen LogP contribution is 2.11. The lowest BCUT2D eigenvalue weighted by Crippen LogP contribution is -1.90. The topological polar surface area (TPSA) is 9.23 Å². The molecule has 2 rings (SSSR count). The lowest BCUT2D eigenvalue weighted by atomic mass is 10.2. The molecule has 96 valence electrons. The molecule has 1 heteroatoms. The summed E-state index contributed by atoms with van der Waals surface area (Å²) in [5.74, 6) is 0.961. The van der Waals surface area contributed by atoms with E-state index in [2.05, 4.69) is 51.1 Å². The molecule has 0 amide bonds. The first-order valence-corrected chi connectivity index (χ1v) is 6.34. The van der Waals surface area contributed by atoms with E-state index in [-0.39, 0.29) is 0 Å². The molecule has 0 aliphatic rings. The van der Waals surface area contributed by atoms with Crippen molar-refractivity contribution < 1.29 is 4.74 Å². The van der Waals surface area contributed by atoms with Crippen LogP contribution in [0.2, 0.25) is 0 Å². The second kappa shape index (κ2) is 7.54. The van der Waals surface area contributed by atoms with E-state index in [1.807, 2.05) is 25.1 Å². The van der Waals surface area contributed by atoms with Gasteiger partial charge in [0.05, 0.1) is 6.61 Å². The standard InChI is InChI=1S/C9H12O.C8H10/c1-3-10-9-6-4-5-8(2)7-9;1-7-3-5-8(2)6-4-7/h4-7H,3H2,1-2H3;3-6H,1-2H3. The Morgan fingerprint density at radius 2 is 1.33 bits per heavy atom. The number of ether oxygens (including phenoxy) is 1. The molecule has 0 N–H and O–H groups in total. The van der Waals surface area contributed by atoms with Crippen LogP contribution < -0.4 is 4.74 Å². The molecule has 2 aromatic carbocycles. The average molecular weight is 242 g/mol. The molecular weight excluding hydrogens is 220 g/mol. The summed E-state index contributed by atoms with van der Waals surface area (Å²) in [5, 5.41) is 0. The van der Waals surface area contributed by atoms with Gasteiger partial charge < -0.3 is 4.74 Å². The average Bonchev–Trinajstić information content (AvgIpc) is 2.34. The Labute approximate surface area is 110 Å². The molecule has 0 aliphatic carbocycles. The highest BCUT2D eigenvalue weighted by Gasteiger charge is 1.89. The van der Waals surface area contributed by atoms with Crippen LogP contribution in [0.15, 0.2) is 48.5 Å². The molecule has 0 aromatic heterocycles. The molecule has 0 spiro atoms. The number of hydrogen-bond donors (Lipinski definition) is 0. The molecular formula is C17H22O. The van der Waals surface area contributed by atoms with Crippen molar-refractivity contribution in [3.8, 4) is 5.75 Å². The van der Waals surface area contributed by atoms with E-state index in [9.17, 15) is 0 Å². The minimum Gasteiger partial charge on any atom is -0.494 e. The molecule has 0 radical (unpaired) electrons. The second-order valence-electron chi connectivity index (χ2n) is 4.40. The van der Waals surface area contributed by atoms with Crippen LogP contribution in [-0.2, 0) is 0 Å². The summed E-state index contributed by atoms with van der Waals surface area (Å²) in [4.78, 5) is 0. The van der Waals surface area contributed by atoms with Gasteiger partial charge >= 0.3 is 0 Å². The summed E-state index contributed by atoms with van der Waals surface area (Å²) in [6.07, 6.45) is 0. The second-order valence-corrected chi connectivity index (χ2v) is 4.40. The fourth-order valence-corrected chi connectivity index (χ4v) is 1.51. The van der Waals surface area contributed by atoms with Crippen LogP contribution in [-0.4, -0.2) is 6.61 Å². The molecule has 0 saturated carbocycles. The number of benzene rings is 2. The van der Waals surface area contributed by atoms with Gasteiger partial charge in [-0.05, 0) is 45.4 Å². The molecule has 0 unspecified atom stereocenters. The van der Waals surface area contributed by atoms with E-state index in [4.69, 9.17) is 4.74 Å². The van der Waals surface area contributed by atoms with Gasteiger partial charge in [-0.25, -0.2) is 0 Å². The maximum atomic E-state index is 5.29. The van der Waals surface area contributed by atoms with Gasteiger partial charge in [0.2, 0.25) is 0 Å². The molecule has 0 saturated heterocycles. The highest BCUT2D eigenvalue weighted by atomic mass is 16.5. The first-order valence-electron chi connectivity index (χ1n) is 6.34. The molecule has 1 nitrogen and oxygen atoms in total. The zero-order chi connectivity index (χ0) is 13.4. The van der Waals surface area contributed by atoms with Gasteiger partial charge in [0.25, 0.3) is 0 Å². The van der Waals surface area contributed by atoms with E-state index in [0.717, 1.165) is 12.4 Å². The van der Waals surface area contributed by atoms with Crippen LogP contribution in [0.1, 0.15) is 23.6 Å². The third kappa shape index (κ3) is 5.53. The molecule has 0 fully saturated rings. The van der Waals surface area contributed by atoms with Crippen molar-refractivity contribution in [3.05, 3.63) is 65.2 Å². The van der Waals surface area contributed by atoms with Crippen LogP contribution in [0.5, 0.6) is 5.75 Å². The first-order chi connectivity index (χ1) is 8.61. The maximum absolute atomic E-state index is 5.29. The summed E-state index contributed by atoms with van der Waals surface area (Å²) in [6.45, 7) is 8.98. The fourth-order valence-electron chi connectivity index (χ4n) is 1.51. The van der Waals surface area contributed by atoms with Gasteiger partial charge in [-0.15, -0.1) is 0 Å². The van der Waals surface area contributed by atoms with Gasteiger partial charge in [-0.1, -0.05) is 47.5 Å². The Balaban J connectivity index is 0.000000184. The van der Waals surface area contributed by atoms with E-state index in [1.54, 1.807) is 0 Å². The smallest absolute Gasteiger partial charge is 0.119 e. The van der Waals surface area contributed by atoms with E-state index in [0.29, 0.717) is 0 Å². The molecule has 0 bridgehead atoms. The molecule has 2 aromatic rings. The minimum absolute atomic E-state index is 0.740. The molecule has 0 aliphatic heterocycles. The van der Waals surface area contributed by atoms with Gasteiger partial charge in [-0.2, -0.15) is 0 Å². The lowest BCUT2D eigenvalue weighted by molar-refractivity contribution is 0.340. The maximum Gasteiger partial charge on any atom is 0.119 e. The summed E-state index contributed by atoms with van der Waals surface area (Å²) in [5.41, 5.74) is 3.90. The lowest BCUT2D eigenvalue weighted by Gasteiger charge is -2.01. The summed E-state index contributed by atoms with van der Waals surface area (Å²) < 4.78 is 5.29. The first kappa shape index (κ1) is 14.3. The van der Waals surface area contributed by atoms with Crippen molar-refractivity contribution in [1.29, 1.82) is 0 Å². The predicted molar refractivity (Wildman–Crippen MR) is 78.3 cm³/mol. The van der Waals surface area contributed by atoms with Crippen molar-refractivity contribution >= 4 is 0 Å². The zero-order valence-corrected chi connectivity index (χ0v) is 11.7. The van der Waals surface area contributed by atoms with Crippen LogP contribution in [0.25, 0.3) is 0 Å².